The maximum atomic E-state index is 13.7. The Hall–Kier alpha value is -4.83. The summed E-state index contributed by atoms with van der Waals surface area (Å²) in [5, 5.41) is 30.0. The quantitative estimate of drug-likeness (QED) is 0.113. The molecule has 0 saturated carbocycles. The van der Waals surface area contributed by atoms with Gasteiger partial charge in [0.25, 0.3) is 11.7 Å². The molecule has 274 valence electrons. The SMILES string of the molecule is CC(C)C[C@H](NC(=O)[C@@H](NC(=O)[C@@H](N)CCC(=O)O)C(C)C)C(=O)N[C@@H](Cc1ccccc1)[C@@H](O)C(=O)Nc1cccc(C(=O)C(F)(F)F)c1. The van der Waals surface area contributed by atoms with Crippen LogP contribution in [0.3, 0.4) is 0 Å². The number of nitrogens with two attached hydrogens (primary N) is 1. The highest BCUT2D eigenvalue weighted by Gasteiger charge is 2.39. The van der Waals surface area contributed by atoms with Crippen molar-refractivity contribution in [1.82, 2.24) is 16.0 Å². The molecule has 13 nitrogen and oxygen atoms in total. The summed E-state index contributed by atoms with van der Waals surface area (Å²) in [5.41, 5.74) is 5.47. The molecule has 2 rings (SSSR count). The molecule has 0 aliphatic heterocycles. The van der Waals surface area contributed by atoms with E-state index in [0.717, 1.165) is 18.2 Å². The number of carbonyl (C=O) groups is 6. The Kier molecular flexibility index (Phi) is 15.5. The number of halogens is 3. The van der Waals surface area contributed by atoms with Crippen molar-refractivity contribution in [3.05, 3.63) is 65.7 Å². The van der Waals surface area contributed by atoms with Crippen molar-refractivity contribution in [2.75, 3.05) is 5.32 Å². The number of hydrogen-bond donors (Lipinski definition) is 7. The Bertz CT molecular complexity index is 1500. The fourth-order valence-corrected chi connectivity index (χ4v) is 4.86. The molecule has 50 heavy (non-hydrogen) atoms. The molecule has 0 aliphatic carbocycles. The van der Waals surface area contributed by atoms with Crippen LogP contribution in [0.15, 0.2) is 54.6 Å². The molecule has 4 amide bonds. The van der Waals surface area contributed by atoms with Gasteiger partial charge in [-0.2, -0.15) is 13.2 Å². The molecular formula is C34H44F3N5O8. The maximum Gasteiger partial charge on any atom is 0.454 e. The minimum absolute atomic E-state index is 0.0744. The van der Waals surface area contributed by atoms with E-state index in [9.17, 15) is 47.0 Å². The second-order valence-electron chi connectivity index (χ2n) is 12.6. The first-order chi connectivity index (χ1) is 23.3. The lowest BCUT2D eigenvalue weighted by atomic mass is 9.97. The molecule has 0 bridgehead atoms. The van der Waals surface area contributed by atoms with Gasteiger partial charge in [0.05, 0.1) is 12.1 Å². The highest BCUT2D eigenvalue weighted by Crippen LogP contribution is 2.23. The van der Waals surface area contributed by atoms with E-state index < -0.39 is 83.3 Å². The number of aliphatic hydroxyl groups excluding tert-OH is 1. The van der Waals surface area contributed by atoms with E-state index in [-0.39, 0.29) is 37.3 Å². The van der Waals surface area contributed by atoms with Crippen LogP contribution in [-0.4, -0.2) is 82.0 Å². The molecule has 0 saturated heterocycles. The van der Waals surface area contributed by atoms with Crippen LogP contribution >= 0.6 is 0 Å². The molecule has 0 fully saturated rings. The number of hydrogen-bond acceptors (Lipinski definition) is 8. The van der Waals surface area contributed by atoms with Gasteiger partial charge < -0.3 is 37.2 Å². The Morgan fingerprint density at radius 3 is 2.02 bits per heavy atom. The zero-order valence-corrected chi connectivity index (χ0v) is 28.1. The van der Waals surface area contributed by atoms with Crippen molar-refractivity contribution >= 4 is 41.1 Å². The molecule has 0 unspecified atom stereocenters. The number of carbonyl (C=O) groups excluding carboxylic acids is 5. The van der Waals surface area contributed by atoms with E-state index in [1.807, 2.05) is 0 Å². The van der Waals surface area contributed by atoms with Gasteiger partial charge in [-0.3, -0.25) is 28.8 Å². The Morgan fingerprint density at radius 1 is 0.820 bits per heavy atom. The van der Waals surface area contributed by atoms with E-state index in [4.69, 9.17) is 10.8 Å². The van der Waals surface area contributed by atoms with Crippen molar-refractivity contribution in [3.63, 3.8) is 0 Å². The van der Waals surface area contributed by atoms with Gasteiger partial charge in [0.15, 0.2) is 6.10 Å². The molecule has 2 aromatic carbocycles. The van der Waals surface area contributed by atoms with Crippen molar-refractivity contribution in [1.29, 1.82) is 0 Å². The molecule has 5 atom stereocenters. The molecule has 0 aromatic heterocycles. The van der Waals surface area contributed by atoms with Gasteiger partial charge >= 0.3 is 12.1 Å². The molecule has 8 N–H and O–H groups in total. The smallest absolute Gasteiger partial charge is 0.454 e. The number of amides is 4. The Balaban J connectivity index is 2.30. The largest absolute Gasteiger partial charge is 0.481 e. The van der Waals surface area contributed by atoms with Crippen molar-refractivity contribution < 1.29 is 52.2 Å². The van der Waals surface area contributed by atoms with E-state index in [0.29, 0.717) is 5.56 Å². The summed E-state index contributed by atoms with van der Waals surface area (Å²) in [6.07, 6.45) is -7.59. The second kappa shape index (κ2) is 18.8. The number of ketones is 1. The number of benzene rings is 2. The molecule has 2 aromatic rings. The number of Topliss-reactive ketones (excluding diaryl/α,β-unsaturated/α-hetero) is 1. The number of rotatable bonds is 18. The molecule has 0 radical (unpaired) electrons. The van der Waals surface area contributed by atoms with Gasteiger partial charge in [-0.05, 0) is 48.8 Å². The summed E-state index contributed by atoms with van der Waals surface area (Å²) in [4.78, 5) is 75.5. The van der Waals surface area contributed by atoms with Gasteiger partial charge in [0, 0.05) is 17.7 Å². The lowest BCUT2D eigenvalue weighted by Gasteiger charge is -2.29. The van der Waals surface area contributed by atoms with E-state index in [1.54, 1.807) is 58.0 Å². The van der Waals surface area contributed by atoms with Crippen LogP contribution in [0.1, 0.15) is 62.9 Å². The zero-order valence-electron chi connectivity index (χ0n) is 28.1. The third-order valence-electron chi connectivity index (χ3n) is 7.52. The van der Waals surface area contributed by atoms with Gasteiger partial charge in [-0.25, -0.2) is 0 Å². The third kappa shape index (κ3) is 13.2. The van der Waals surface area contributed by atoms with Crippen molar-refractivity contribution in [3.8, 4) is 0 Å². The summed E-state index contributed by atoms with van der Waals surface area (Å²) in [6.45, 7) is 6.86. The molecule has 16 heteroatoms. The number of anilines is 1. The predicted octanol–water partition coefficient (Wildman–Crippen LogP) is 2.32. The Morgan fingerprint density at radius 2 is 1.46 bits per heavy atom. The van der Waals surface area contributed by atoms with Crippen LogP contribution in [0, 0.1) is 11.8 Å². The van der Waals surface area contributed by atoms with E-state index >= 15 is 0 Å². The molecular weight excluding hydrogens is 663 g/mol. The summed E-state index contributed by atoms with van der Waals surface area (Å²) >= 11 is 0. The topological polar surface area (TPSA) is 217 Å². The summed E-state index contributed by atoms with van der Waals surface area (Å²) in [7, 11) is 0. The second-order valence-corrected chi connectivity index (χ2v) is 12.6. The van der Waals surface area contributed by atoms with Crippen LogP contribution in [0.4, 0.5) is 18.9 Å². The summed E-state index contributed by atoms with van der Waals surface area (Å²) < 4.78 is 38.9. The van der Waals surface area contributed by atoms with Crippen LogP contribution in [0.5, 0.6) is 0 Å². The lowest BCUT2D eigenvalue weighted by molar-refractivity contribution is -0.137. The summed E-state index contributed by atoms with van der Waals surface area (Å²) in [5.74, 6) is -7.24. The first kappa shape index (κ1) is 41.3. The number of aliphatic hydroxyl groups is 1. The van der Waals surface area contributed by atoms with E-state index in [1.165, 1.54) is 6.07 Å². The van der Waals surface area contributed by atoms with Gasteiger partial charge in [0.1, 0.15) is 12.1 Å². The zero-order chi connectivity index (χ0) is 37.8. The van der Waals surface area contributed by atoms with Crippen LogP contribution in [0.2, 0.25) is 0 Å². The van der Waals surface area contributed by atoms with Crippen molar-refractivity contribution in [2.45, 2.75) is 89.8 Å². The monoisotopic (exact) mass is 707 g/mol. The number of alkyl halides is 3. The standard InChI is InChI=1S/C34H44F3N5O8/c1-18(2)15-25(41-32(49)27(19(3)4)42-30(47)23(38)13-14-26(43)44)31(48)40-24(16-20-9-6-5-7-10-20)28(45)33(50)39-22-12-8-11-21(17-22)29(46)34(35,36)37/h5-12,17-19,23-25,27-28,45H,13-16,38H2,1-4H3,(H,39,50)(H,40,48)(H,41,49)(H,42,47)(H,43,44)/t23-,24-,25-,27-,28+/m0/s1. The molecule has 0 heterocycles. The Labute approximate surface area is 287 Å². The van der Waals surface area contributed by atoms with Crippen LogP contribution in [0.25, 0.3) is 0 Å². The number of carboxylic acids is 1. The molecule has 0 aliphatic rings. The van der Waals surface area contributed by atoms with Crippen LogP contribution < -0.4 is 27.0 Å². The predicted molar refractivity (Wildman–Crippen MR) is 177 cm³/mol. The van der Waals surface area contributed by atoms with Gasteiger partial charge in [-0.1, -0.05) is 70.2 Å². The van der Waals surface area contributed by atoms with Crippen molar-refractivity contribution in [2.24, 2.45) is 17.6 Å². The number of carboxylic acid groups (broad SMARTS) is 1. The maximum absolute atomic E-state index is 13.7. The highest BCUT2D eigenvalue weighted by molar-refractivity contribution is 6.02. The minimum Gasteiger partial charge on any atom is -0.481 e. The first-order valence-electron chi connectivity index (χ1n) is 15.9. The highest BCUT2D eigenvalue weighted by atomic mass is 19.4. The number of aliphatic carboxylic acids is 1. The third-order valence-corrected chi connectivity index (χ3v) is 7.52. The first-order valence-corrected chi connectivity index (χ1v) is 15.9. The normalized spacial score (nSPS) is 14.5. The fraction of sp³-hybridized carbons (Fsp3) is 0.471. The number of nitrogens with one attached hydrogen (secondary N) is 4. The van der Waals surface area contributed by atoms with Gasteiger partial charge in [-0.15, -0.1) is 0 Å². The van der Waals surface area contributed by atoms with Crippen LogP contribution in [-0.2, 0) is 30.4 Å². The van der Waals surface area contributed by atoms with E-state index in [2.05, 4.69) is 21.3 Å². The average molecular weight is 708 g/mol. The summed E-state index contributed by atoms with van der Waals surface area (Å²) in [6, 6.07) is 7.69. The molecule has 0 spiro atoms. The minimum atomic E-state index is -5.15. The lowest BCUT2D eigenvalue weighted by Crippen LogP contribution is -2.59. The van der Waals surface area contributed by atoms with Gasteiger partial charge in [0.2, 0.25) is 17.7 Å². The fourth-order valence-electron chi connectivity index (χ4n) is 4.86. The average Bonchev–Trinajstić information content (AvgIpc) is 3.04.